The first-order valence-corrected chi connectivity index (χ1v) is 14.2. The van der Waals surface area contributed by atoms with Crippen molar-refractivity contribution in [3.63, 3.8) is 0 Å². The number of aromatic nitrogens is 1. The van der Waals surface area contributed by atoms with Crippen molar-refractivity contribution in [1.29, 1.82) is 0 Å². The van der Waals surface area contributed by atoms with E-state index in [9.17, 15) is 13.2 Å². The fourth-order valence-corrected chi connectivity index (χ4v) is 4.60. The fraction of sp³-hybridized carbons (Fsp3) is 0.407. The maximum absolute atomic E-state index is 12.8. The second-order valence-corrected chi connectivity index (χ2v) is 11.7. The van der Waals surface area contributed by atoms with E-state index in [-0.39, 0.29) is 11.7 Å². The molecule has 0 saturated heterocycles. The van der Waals surface area contributed by atoms with Gasteiger partial charge in [0.15, 0.2) is 0 Å². The normalized spacial score (nSPS) is 13.7. The van der Waals surface area contributed by atoms with Gasteiger partial charge in [-0.15, -0.1) is 0 Å². The Labute approximate surface area is 207 Å². The number of carbonyl (C=O) groups excluding carboxylic acids is 1. The molecule has 1 saturated carbocycles. The molecule has 1 aromatic heterocycles. The molecule has 186 valence electrons. The molecule has 1 fully saturated rings. The maximum Gasteiger partial charge on any atom is 0.255 e. The van der Waals surface area contributed by atoms with Crippen LogP contribution in [0, 0.1) is 12.8 Å². The summed E-state index contributed by atoms with van der Waals surface area (Å²) in [6, 6.07) is 13.2. The van der Waals surface area contributed by atoms with Crippen LogP contribution in [0.1, 0.15) is 47.2 Å². The number of benzene rings is 2. The lowest BCUT2D eigenvalue weighted by atomic mass is 10.1. The predicted molar refractivity (Wildman–Crippen MR) is 140 cm³/mol. The SMILES string of the molecule is Cc1c(NC(=O)c2ccc(OCC3CC3)cc2)ccc2cc(CNCCCCS(C)(=O)=O)cnc12. The summed E-state index contributed by atoms with van der Waals surface area (Å²) in [7, 11) is -2.89. The van der Waals surface area contributed by atoms with E-state index >= 15 is 0 Å². The monoisotopic (exact) mass is 495 g/mol. The number of hydrogen-bond donors (Lipinski definition) is 2. The van der Waals surface area contributed by atoms with Crippen molar-refractivity contribution in [3.8, 4) is 5.75 Å². The number of sulfone groups is 1. The van der Waals surface area contributed by atoms with Crippen molar-refractivity contribution in [2.24, 2.45) is 5.92 Å². The van der Waals surface area contributed by atoms with Crippen molar-refractivity contribution in [1.82, 2.24) is 10.3 Å². The van der Waals surface area contributed by atoms with Crippen molar-refractivity contribution >= 4 is 32.3 Å². The maximum atomic E-state index is 12.8. The Morgan fingerprint density at radius 1 is 1.11 bits per heavy atom. The molecule has 0 atom stereocenters. The summed E-state index contributed by atoms with van der Waals surface area (Å²) >= 11 is 0. The largest absolute Gasteiger partial charge is 0.493 e. The number of nitrogens with one attached hydrogen (secondary N) is 2. The topological polar surface area (TPSA) is 97.4 Å². The standard InChI is InChI=1S/C27H33N3O4S/c1-19-25(30-27(31)22-7-10-24(11-8-22)34-18-20-5-6-20)12-9-23-15-21(17-29-26(19)23)16-28-13-3-4-14-35(2,32)33/h7-12,15,17,20,28H,3-6,13-14,16,18H2,1-2H3,(H,30,31). The van der Waals surface area contributed by atoms with E-state index in [4.69, 9.17) is 4.74 Å². The summed E-state index contributed by atoms with van der Waals surface area (Å²) in [5.74, 6) is 1.54. The number of pyridine rings is 1. The minimum absolute atomic E-state index is 0.169. The molecule has 1 aliphatic carbocycles. The first kappa shape index (κ1) is 25.1. The molecule has 0 bridgehead atoms. The molecule has 7 nitrogen and oxygen atoms in total. The Bertz CT molecular complexity index is 1290. The third kappa shape index (κ3) is 7.50. The van der Waals surface area contributed by atoms with Gasteiger partial charge in [-0.1, -0.05) is 6.07 Å². The zero-order valence-corrected chi connectivity index (χ0v) is 21.2. The third-order valence-electron chi connectivity index (χ3n) is 6.16. The zero-order valence-electron chi connectivity index (χ0n) is 20.3. The van der Waals surface area contributed by atoms with Gasteiger partial charge >= 0.3 is 0 Å². The molecule has 1 heterocycles. The quantitative estimate of drug-likeness (QED) is 0.359. The summed E-state index contributed by atoms with van der Waals surface area (Å²) in [6.45, 7) is 4.13. The van der Waals surface area contributed by atoms with Crippen LogP contribution in [0.25, 0.3) is 10.9 Å². The lowest BCUT2D eigenvalue weighted by molar-refractivity contribution is 0.102. The molecule has 8 heteroatoms. The lowest BCUT2D eigenvalue weighted by Crippen LogP contribution is -2.16. The van der Waals surface area contributed by atoms with Gasteiger partial charge in [0.2, 0.25) is 0 Å². The lowest BCUT2D eigenvalue weighted by Gasteiger charge is -2.12. The highest BCUT2D eigenvalue weighted by molar-refractivity contribution is 7.90. The Balaban J connectivity index is 1.32. The van der Waals surface area contributed by atoms with Crippen molar-refractivity contribution in [2.75, 3.05) is 30.5 Å². The Kier molecular flexibility index (Phi) is 8.03. The molecule has 1 amide bonds. The molecular weight excluding hydrogens is 462 g/mol. The molecule has 3 aromatic rings. The average molecular weight is 496 g/mol. The zero-order chi connectivity index (χ0) is 24.8. The third-order valence-corrected chi connectivity index (χ3v) is 7.19. The highest BCUT2D eigenvalue weighted by Gasteiger charge is 2.22. The molecular formula is C27H33N3O4S. The highest BCUT2D eigenvalue weighted by atomic mass is 32.2. The number of aryl methyl sites for hydroxylation is 1. The van der Waals surface area contributed by atoms with Crippen LogP contribution in [0.2, 0.25) is 0 Å². The second-order valence-electron chi connectivity index (χ2n) is 9.40. The molecule has 2 N–H and O–H groups in total. The van der Waals surface area contributed by atoms with Gasteiger partial charge in [-0.05, 0) is 92.6 Å². The van der Waals surface area contributed by atoms with E-state index in [2.05, 4.69) is 21.7 Å². The molecule has 35 heavy (non-hydrogen) atoms. The number of nitrogens with zero attached hydrogens (tertiary/aromatic N) is 1. The summed E-state index contributed by atoms with van der Waals surface area (Å²) in [5, 5.41) is 7.35. The first-order valence-electron chi connectivity index (χ1n) is 12.1. The molecule has 0 spiro atoms. The second kappa shape index (κ2) is 11.2. The van der Waals surface area contributed by atoms with Gasteiger partial charge in [-0.3, -0.25) is 9.78 Å². The summed E-state index contributed by atoms with van der Waals surface area (Å²) < 4.78 is 28.1. The number of fused-ring (bicyclic) bond motifs is 1. The Morgan fingerprint density at radius 2 is 1.89 bits per heavy atom. The van der Waals surface area contributed by atoms with Crippen LogP contribution in [0.5, 0.6) is 5.75 Å². The number of hydrogen-bond acceptors (Lipinski definition) is 6. The van der Waals surface area contributed by atoms with Gasteiger partial charge in [0.05, 0.1) is 12.1 Å². The number of amides is 1. The Hall–Kier alpha value is -2.97. The molecule has 0 aliphatic heterocycles. The fourth-order valence-electron chi connectivity index (χ4n) is 3.87. The minimum Gasteiger partial charge on any atom is -0.493 e. The number of unbranched alkanes of at least 4 members (excludes halogenated alkanes) is 1. The molecule has 4 rings (SSSR count). The van der Waals surface area contributed by atoms with Gasteiger partial charge in [-0.25, -0.2) is 8.42 Å². The molecule has 0 unspecified atom stereocenters. The van der Waals surface area contributed by atoms with Crippen LogP contribution in [0.3, 0.4) is 0 Å². The Morgan fingerprint density at radius 3 is 2.60 bits per heavy atom. The first-order chi connectivity index (χ1) is 16.8. The molecule has 0 radical (unpaired) electrons. The van der Waals surface area contributed by atoms with Crippen LogP contribution in [0.4, 0.5) is 5.69 Å². The summed E-state index contributed by atoms with van der Waals surface area (Å²) in [4.78, 5) is 17.4. The summed E-state index contributed by atoms with van der Waals surface area (Å²) in [6.07, 6.45) is 7.07. The van der Waals surface area contributed by atoms with Gasteiger partial charge < -0.3 is 15.4 Å². The predicted octanol–water partition coefficient (Wildman–Crippen LogP) is 4.50. The smallest absolute Gasteiger partial charge is 0.255 e. The van der Waals surface area contributed by atoms with E-state index in [1.165, 1.54) is 19.1 Å². The summed E-state index contributed by atoms with van der Waals surface area (Å²) in [5.41, 5.74) is 4.14. The van der Waals surface area contributed by atoms with E-state index in [1.807, 2.05) is 37.4 Å². The number of rotatable bonds is 12. The molecule has 2 aromatic carbocycles. The van der Waals surface area contributed by atoms with Crippen molar-refractivity contribution < 1.29 is 17.9 Å². The number of carbonyl (C=O) groups is 1. The van der Waals surface area contributed by atoms with Crippen LogP contribution in [0.15, 0.2) is 48.7 Å². The number of ether oxygens (including phenoxy) is 1. The van der Waals surface area contributed by atoms with Gasteiger partial charge in [0.1, 0.15) is 15.6 Å². The average Bonchev–Trinajstić information content (AvgIpc) is 3.66. The van der Waals surface area contributed by atoms with Crippen LogP contribution >= 0.6 is 0 Å². The number of anilines is 1. The minimum atomic E-state index is -2.89. The van der Waals surface area contributed by atoms with Gasteiger partial charge in [0.25, 0.3) is 5.91 Å². The van der Waals surface area contributed by atoms with Gasteiger partial charge in [-0.2, -0.15) is 0 Å². The van der Waals surface area contributed by atoms with Crippen LogP contribution < -0.4 is 15.4 Å². The highest BCUT2D eigenvalue weighted by Crippen LogP contribution is 2.30. The van der Waals surface area contributed by atoms with Gasteiger partial charge in [0, 0.05) is 41.4 Å². The van der Waals surface area contributed by atoms with Crippen LogP contribution in [-0.2, 0) is 16.4 Å². The molecule has 1 aliphatic rings. The van der Waals surface area contributed by atoms with E-state index in [0.29, 0.717) is 24.4 Å². The van der Waals surface area contributed by atoms with E-state index in [1.54, 1.807) is 12.1 Å². The van der Waals surface area contributed by atoms with E-state index < -0.39 is 9.84 Å². The van der Waals surface area contributed by atoms with Crippen molar-refractivity contribution in [3.05, 3.63) is 65.4 Å². The van der Waals surface area contributed by atoms with Crippen LogP contribution in [-0.4, -0.2) is 44.5 Å². The van der Waals surface area contributed by atoms with Crippen molar-refractivity contribution in [2.45, 2.75) is 39.2 Å². The van der Waals surface area contributed by atoms with E-state index in [0.717, 1.165) is 53.0 Å².